The molecule has 0 radical (unpaired) electrons. The fourth-order valence-corrected chi connectivity index (χ4v) is 2.71. The number of anilines is 1. The number of esters is 1. The number of hydrogen-bond acceptors (Lipinski definition) is 5. The number of benzene rings is 2. The smallest absolute Gasteiger partial charge is 0.312 e. The van der Waals surface area contributed by atoms with Crippen LogP contribution in [-0.2, 0) is 20.7 Å². The molecule has 0 spiro atoms. The number of carbonyl (C=O) groups excluding carboxylic acids is 2. The van der Waals surface area contributed by atoms with E-state index in [0.29, 0.717) is 27.3 Å². The molecule has 0 aliphatic rings. The lowest BCUT2D eigenvalue weighted by Crippen LogP contribution is -2.30. The lowest BCUT2D eigenvalue weighted by atomic mass is 10.2. The summed E-state index contributed by atoms with van der Waals surface area (Å²) >= 11 is 11.9. The summed E-state index contributed by atoms with van der Waals surface area (Å²) in [5.74, 6) is -0.722. The molecule has 1 atom stereocenters. The van der Waals surface area contributed by atoms with Crippen molar-refractivity contribution in [2.24, 2.45) is 0 Å². The lowest BCUT2D eigenvalue weighted by molar-refractivity contribution is -0.152. The summed E-state index contributed by atoms with van der Waals surface area (Å²) in [6.45, 7) is 1.46. The van der Waals surface area contributed by atoms with Crippen LogP contribution in [0.15, 0.2) is 59.2 Å². The molecular weight excluding hydrogens is 403 g/mol. The Morgan fingerprint density at radius 1 is 1.18 bits per heavy atom. The third-order valence-corrected chi connectivity index (χ3v) is 4.33. The van der Waals surface area contributed by atoms with E-state index in [4.69, 9.17) is 32.4 Å². The summed E-state index contributed by atoms with van der Waals surface area (Å²) in [4.78, 5) is 28.6. The van der Waals surface area contributed by atoms with Crippen LogP contribution in [0.3, 0.4) is 0 Å². The van der Waals surface area contributed by atoms with Gasteiger partial charge in [-0.3, -0.25) is 9.59 Å². The van der Waals surface area contributed by atoms with Crippen LogP contribution in [0.1, 0.15) is 12.6 Å². The van der Waals surface area contributed by atoms with Gasteiger partial charge in [0.05, 0.1) is 22.8 Å². The van der Waals surface area contributed by atoms with Gasteiger partial charge in [-0.1, -0.05) is 41.4 Å². The molecule has 2 aromatic carbocycles. The van der Waals surface area contributed by atoms with Crippen molar-refractivity contribution in [2.45, 2.75) is 19.4 Å². The molecule has 3 aromatic rings. The molecule has 144 valence electrons. The summed E-state index contributed by atoms with van der Waals surface area (Å²) in [5, 5.41) is 3.33. The molecular formula is C20H16Cl2N2O4. The van der Waals surface area contributed by atoms with Crippen molar-refractivity contribution in [1.82, 2.24) is 4.98 Å². The fraction of sp³-hybridized carbons (Fsp3) is 0.150. The molecule has 1 unspecified atom stereocenters. The van der Waals surface area contributed by atoms with Crippen molar-refractivity contribution in [3.8, 4) is 11.5 Å². The fourth-order valence-electron chi connectivity index (χ4n) is 2.37. The van der Waals surface area contributed by atoms with Crippen molar-refractivity contribution >= 4 is 40.8 Å². The minimum Gasteiger partial charge on any atom is -0.452 e. The molecule has 6 nitrogen and oxygen atoms in total. The molecule has 0 fully saturated rings. The molecule has 1 amide bonds. The molecule has 1 aromatic heterocycles. The summed E-state index contributed by atoms with van der Waals surface area (Å²) in [7, 11) is 0. The maximum atomic E-state index is 12.2. The summed E-state index contributed by atoms with van der Waals surface area (Å²) in [6, 6.07) is 14.0. The zero-order valence-electron chi connectivity index (χ0n) is 14.8. The zero-order chi connectivity index (χ0) is 20.1. The standard InChI is InChI=1S/C20H16Cl2N2O4/c1-12(19(26)24-17-9-14(21)7-8-16(17)22)28-18(25)10-15-11-27-20(23-15)13-5-3-2-4-6-13/h2-9,11-12H,10H2,1H3,(H,24,26). The minimum atomic E-state index is -1.02. The first-order valence-corrected chi connectivity index (χ1v) is 9.13. The van der Waals surface area contributed by atoms with Crippen molar-refractivity contribution < 1.29 is 18.7 Å². The van der Waals surface area contributed by atoms with Gasteiger partial charge in [0.1, 0.15) is 6.26 Å². The van der Waals surface area contributed by atoms with E-state index >= 15 is 0 Å². The molecule has 0 saturated heterocycles. The van der Waals surface area contributed by atoms with Crippen molar-refractivity contribution in [2.75, 3.05) is 5.32 Å². The second kappa shape index (κ2) is 8.91. The maximum absolute atomic E-state index is 12.2. The highest BCUT2D eigenvalue weighted by atomic mass is 35.5. The van der Waals surface area contributed by atoms with E-state index in [2.05, 4.69) is 10.3 Å². The minimum absolute atomic E-state index is 0.119. The van der Waals surface area contributed by atoms with E-state index in [1.807, 2.05) is 30.3 Å². The van der Waals surface area contributed by atoms with Crippen LogP contribution in [0.5, 0.6) is 0 Å². The lowest BCUT2D eigenvalue weighted by Gasteiger charge is -2.14. The maximum Gasteiger partial charge on any atom is 0.312 e. The highest BCUT2D eigenvalue weighted by Gasteiger charge is 2.20. The molecule has 0 aliphatic carbocycles. The van der Waals surface area contributed by atoms with Gasteiger partial charge < -0.3 is 14.5 Å². The SMILES string of the molecule is CC(OC(=O)Cc1coc(-c2ccccc2)n1)C(=O)Nc1cc(Cl)ccc1Cl. The second-order valence-electron chi connectivity index (χ2n) is 5.93. The molecule has 3 rings (SSSR count). The molecule has 0 aliphatic heterocycles. The van der Waals surface area contributed by atoms with Gasteiger partial charge in [-0.05, 0) is 37.3 Å². The largest absolute Gasteiger partial charge is 0.452 e. The third-order valence-electron chi connectivity index (χ3n) is 3.76. The van der Waals surface area contributed by atoms with Gasteiger partial charge in [0.2, 0.25) is 5.89 Å². The number of amides is 1. The van der Waals surface area contributed by atoms with Crippen LogP contribution in [0, 0.1) is 0 Å². The van der Waals surface area contributed by atoms with E-state index in [1.54, 1.807) is 12.1 Å². The summed E-state index contributed by atoms with van der Waals surface area (Å²) in [5.41, 5.74) is 1.55. The van der Waals surface area contributed by atoms with Crippen LogP contribution in [0.4, 0.5) is 5.69 Å². The number of oxazole rings is 1. The average molecular weight is 419 g/mol. The second-order valence-corrected chi connectivity index (χ2v) is 6.78. The Morgan fingerprint density at radius 3 is 2.68 bits per heavy atom. The van der Waals surface area contributed by atoms with Gasteiger partial charge in [0.25, 0.3) is 5.91 Å². The number of nitrogens with zero attached hydrogens (tertiary/aromatic N) is 1. The van der Waals surface area contributed by atoms with Gasteiger partial charge in [0, 0.05) is 10.6 Å². The number of carbonyl (C=O) groups is 2. The van der Waals surface area contributed by atoms with E-state index in [-0.39, 0.29) is 6.42 Å². The average Bonchev–Trinajstić information content (AvgIpc) is 3.13. The van der Waals surface area contributed by atoms with E-state index in [9.17, 15) is 9.59 Å². The highest BCUT2D eigenvalue weighted by molar-refractivity contribution is 6.35. The predicted octanol–water partition coefficient (Wildman–Crippen LogP) is 4.76. The number of aromatic nitrogens is 1. The number of rotatable bonds is 6. The van der Waals surface area contributed by atoms with Crippen LogP contribution in [-0.4, -0.2) is 23.0 Å². The Kier molecular flexibility index (Phi) is 6.34. The highest BCUT2D eigenvalue weighted by Crippen LogP contribution is 2.25. The van der Waals surface area contributed by atoms with Crippen LogP contribution < -0.4 is 5.32 Å². The van der Waals surface area contributed by atoms with Gasteiger partial charge in [-0.2, -0.15) is 0 Å². The predicted molar refractivity (Wildman–Crippen MR) is 106 cm³/mol. The van der Waals surface area contributed by atoms with Crippen molar-refractivity contribution in [3.63, 3.8) is 0 Å². The first-order valence-electron chi connectivity index (χ1n) is 8.37. The van der Waals surface area contributed by atoms with Crippen LogP contribution in [0.2, 0.25) is 10.0 Å². The number of hydrogen-bond donors (Lipinski definition) is 1. The summed E-state index contributed by atoms with van der Waals surface area (Å²) < 4.78 is 10.5. The Hall–Kier alpha value is -2.83. The van der Waals surface area contributed by atoms with Crippen molar-refractivity contribution in [1.29, 1.82) is 0 Å². The third kappa shape index (κ3) is 5.12. The van der Waals surface area contributed by atoms with Gasteiger partial charge in [-0.15, -0.1) is 0 Å². The Labute approximate surface area is 171 Å². The molecule has 8 heteroatoms. The zero-order valence-corrected chi connectivity index (χ0v) is 16.3. The Morgan fingerprint density at radius 2 is 1.93 bits per heavy atom. The van der Waals surface area contributed by atoms with Gasteiger partial charge in [-0.25, -0.2) is 4.98 Å². The van der Waals surface area contributed by atoms with Crippen molar-refractivity contribution in [3.05, 3.63) is 70.5 Å². The summed E-state index contributed by atoms with van der Waals surface area (Å²) in [6.07, 6.45) is 0.245. The first-order chi connectivity index (χ1) is 13.4. The van der Waals surface area contributed by atoms with E-state index < -0.39 is 18.0 Å². The number of nitrogens with one attached hydrogen (secondary N) is 1. The Balaban J connectivity index is 1.56. The number of ether oxygens (including phenoxy) is 1. The van der Waals surface area contributed by atoms with Gasteiger partial charge in [0.15, 0.2) is 6.10 Å². The van der Waals surface area contributed by atoms with Gasteiger partial charge >= 0.3 is 5.97 Å². The first kappa shape index (κ1) is 19.9. The topological polar surface area (TPSA) is 81.4 Å². The Bertz CT molecular complexity index is 989. The molecule has 1 heterocycles. The normalized spacial score (nSPS) is 11.7. The van der Waals surface area contributed by atoms with Crippen LogP contribution >= 0.6 is 23.2 Å². The quantitative estimate of drug-likeness (QED) is 0.583. The molecule has 1 N–H and O–H groups in total. The van der Waals surface area contributed by atoms with E-state index in [0.717, 1.165) is 5.56 Å². The molecule has 0 saturated carbocycles. The van der Waals surface area contributed by atoms with E-state index in [1.165, 1.54) is 19.3 Å². The molecule has 0 bridgehead atoms. The number of halogens is 2. The molecule has 28 heavy (non-hydrogen) atoms. The van der Waals surface area contributed by atoms with Crippen LogP contribution in [0.25, 0.3) is 11.5 Å². The monoisotopic (exact) mass is 418 g/mol.